The van der Waals surface area contributed by atoms with Gasteiger partial charge >= 0.3 is 0 Å². The Morgan fingerprint density at radius 2 is 1.98 bits per heavy atom. The fourth-order valence-corrected chi connectivity index (χ4v) is 5.67. The van der Waals surface area contributed by atoms with Crippen molar-refractivity contribution >= 4 is 59.0 Å². The molecule has 2 aromatic carbocycles. The van der Waals surface area contributed by atoms with E-state index < -0.39 is 5.41 Å². The average molecular weight is 587 g/mol. The van der Waals surface area contributed by atoms with Gasteiger partial charge < -0.3 is 26.3 Å². The van der Waals surface area contributed by atoms with E-state index in [2.05, 4.69) is 43.0 Å². The minimum atomic E-state index is -0.618. The molecule has 2 amide bonds. The summed E-state index contributed by atoms with van der Waals surface area (Å²) >= 11 is 6.42. The molecule has 10 nitrogen and oxygen atoms in total. The molecule has 1 saturated heterocycles. The molecule has 0 spiro atoms. The van der Waals surface area contributed by atoms with E-state index in [9.17, 15) is 9.59 Å². The Labute approximate surface area is 250 Å². The molecule has 0 atom stereocenters. The highest BCUT2D eigenvalue weighted by Gasteiger charge is 2.39. The summed E-state index contributed by atoms with van der Waals surface area (Å²) < 4.78 is 0. The van der Waals surface area contributed by atoms with Crippen LogP contribution in [0.1, 0.15) is 55.7 Å². The molecule has 0 bridgehead atoms. The first-order valence-electron chi connectivity index (χ1n) is 14.1. The number of hydrogen-bond acceptors (Lipinski definition) is 8. The minimum absolute atomic E-state index is 0.0136. The predicted molar refractivity (Wildman–Crippen MR) is 168 cm³/mol. The number of carbonyl (C=O) groups excluding carboxylic acids is 2. The van der Waals surface area contributed by atoms with Gasteiger partial charge in [0.25, 0.3) is 0 Å². The third kappa shape index (κ3) is 6.44. The smallest absolute Gasteiger partial charge is 0.244 e. The Bertz CT molecular complexity index is 1500. The number of piperidine rings is 1. The lowest BCUT2D eigenvalue weighted by Gasteiger charge is -2.32. The van der Waals surface area contributed by atoms with Gasteiger partial charge in [0.15, 0.2) is 5.82 Å². The minimum Gasteiger partial charge on any atom is -0.365 e. The zero-order valence-electron chi connectivity index (χ0n) is 23.8. The zero-order chi connectivity index (χ0) is 29.7. The molecule has 3 heterocycles. The van der Waals surface area contributed by atoms with Crippen LogP contribution in [0, 0.1) is 5.41 Å². The molecule has 4 N–H and O–H groups in total. The molecule has 1 aromatic heterocycles. The number of anilines is 4. The highest BCUT2D eigenvalue weighted by molar-refractivity contribution is 6.32. The van der Waals surface area contributed by atoms with E-state index in [0.29, 0.717) is 48.8 Å². The summed E-state index contributed by atoms with van der Waals surface area (Å²) in [5.41, 5.74) is 4.29. The molecule has 42 heavy (non-hydrogen) atoms. The first kappa shape index (κ1) is 29.2. The number of rotatable bonds is 10. The maximum Gasteiger partial charge on any atom is 0.244 e. The van der Waals surface area contributed by atoms with Gasteiger partial charge in [0.2, 0.25) is 17.8 Å². The van der Waals surface area contributed by atoms with Gasteiger partial charge in [0, 0.05) is 49.9 Å². The standard InChI is InChI=1S/C31H35ClN8O2/c1-31(2)27-22(5-3-6-25(27)38-29(31)42)17-35-28-24(32)18-36-30(39-28)37-23-9-7-20(8-10-23)21-11-15-40(16-12-21)26(41)19-34-14-4-13-33/h3,5-10,13-14,18,21,33H,4,11-12,15-17,19H2,1-2H3,(H,38,42)(H2,35,36,37,39). The lowest BCUT2D eigenvalue weighted by Crippen LogP contribution is -2.39. The number of likely N-dealkylation sites (tertiary alicyclic amines) is 1. The first-order chi connectivity index (χ1) is 20.3. The molecular weight excluding hydrogens is 552 g/mol. The first-order valence-corrected chi connectivity index (χ1v) is 14.5. The number of aromatic nitrogens is 2. The van der Waals surface area contributed by atoms with Crippen molar-refractivity contribution in [2.45, 2.75) is 51.0 Å². The average Bonchev–Trinajstić information content (AvgIpc) is 3.23. The van der Waals surface area contributed by atoms with Gasteiger partial charge in [-0.1, -0.05) is 35.9 Å². The molecule has 1 fully saturated rings. The molecule has 11 heteroatoms. The quantitative estimate of drug-likeness (QED) is 0.231. The SMILES string of the molecule is CC1(C)C(=O)Nc2cccc(CNc3nc(Nc4ccc(C5CCN(C(=O)CN=CCC=N)CC5)cc4)ncc3Cl)c21. The molecule has 218 valence electrons. The second-order valence-electron chi connectivity index (χ2n) is 11.0. The predicted octanol–water partition coefficient (Wildman–Crippen LogP) is 5.53. The fourth-order valence-electron chi connectivity index (χ4n) is 5.51. The summed E-state index contributed by atoms with van der Waals surface area (Å²) in [6.45, 7) is 5.88. The molecular formula is C31H35ClN8O2. The molecule has 0 unspecified atom stereocenters. The monoisotopic (exact) mass is 586 g/mol. The van der Waals surface area contributed by atoms with Crippen LogP contribution in [0.3, 0.4) is 0 Å². The number of benzene rings is 2. The van der Waals surface area contributed by atoms with Crippen molar-refractivity contribution in [2.75, 3.05) is 35.6 Å². The van der Waals surface area contributed by atoms with Crippen molar-refractivity contribution in [3.63, 3.8) is 0 Å². The number of fused-ring (bicyclic) bond motifs is 1. The number of carbonyl (C=O) groups is 2. The number of nitrogens with zero attached hydrogens (tertiary/aromatic N) is 4. The van der Waals surface area contributed by atoms with Gasteiger partial charge in [-0.2, -0.15) is 4.98 Å². The van der Waals surface area contributed by atoms with Gasteiger partial charge in [0.1, 0.15) is 11.6 Å². The highest BCUT2D eigenvalue weighted by Crippen LogP contribution is 2.40. The van der Waals surface area contributed by atoms with Crippen LogP contribution in [0.15, 0.2) is 53.7 Å². The van der Waals surface area contributed by atoms with Gasteiger partial charge in [0.05, 0.1) is 11.6 Å². The van der Waals surface area contributed by atoms with Crippen LogP contribution in [0.2, 0.25) is 5.02 Å². The highest BCUT2D eigenvalue weighted by atomic mass is 35.5. The Morgan fingerprint density at radius 3 is 2.71 bits per heavy atom. The Morgan fingerprint density at radius 1 is 1.21 bits per heavy atom. The second-order valence-corrected chi connectivity index (χ2v) is 11.4. The molecule has 0 aliphatic carbocycles. The normalized spacial score (nSPS) is 16.3. The van der Waals surface area contributed by atoms with Gasteiger partial charge in [-0.3, -0.25) is 14.6 Å². The van der Waals surface area contributed by atoms with Crippen molar-refractivity contribution in [3.8, 4) is 0 Å². The van der Waals surface area contributed by atoms with E-state index in [1.807, 2.05) is 49.1 Å². The number of nitrogens with one attached hydrogen (secondary N) is 4. The van der Waals surface area contributed by atoms with Crippen LogP contribution >= 0.6 is 11.6 Å². The Balaban J connectivity index is 1.17. The van der Waals surface area contributed by atoms with E-state index in [-0.39, 0.29) is 18.4 Å². The van der Waals surface area contributed by atoms with Gasteiger partial charge in [-0.05, 0) is 67.5 Å². The van der Waals surface area contributed by atoms with Crippen molar-refractivity contribution in [3.05, 3.63) is 70.4 Å². The molecule has 0 radical (unpaired) electrons. The number of aliphatic imine (C=N–C) groups is 1. The van der Waals surface area contributed by atoms with Crippen molar-refractivity contribution in [1.82, 2.24) is 14.9 Å². The Hall–Kier alpha value is -4.31. The van der Waals surface area contributed by atoms with Crippen molar-refractivity contribution in [1.29, 1.82) is 5.41 Å². The summed E-state index contributed by atoms with van der Waals surface area (Å²) in [6, 6.07) is 14.1. The van der Waals surface area contributed by atoms with Crippen LogP contribution in [-0.4, -0.2) is 58.7 Å². The lowest BCUT2D eigenvalue weighted by molar-refractivity contribution is -0.130. The maximum atomic E-state index is 12.4. The third-order valence-corrected chi connectivity index (χ3v) is 8.12. The molecule has 2 aliphatic rings. The largest absolute Gasteiger partial charge is 0.365 e. The number of amides is 2. The van der Waals surface area contributed by atoms with Crippen LogP contribution < -0.4 is 16.0 Å². The summed E-state index contributed by atoms with van der Waals surface area (Å²) in [5.74, 6) is 1.33. The van der Waals surface area contributed by atoms with Crippen molar-refractivity contribution < 1.29 is 9.59 Å². The lowest BCUT2D eigenvalue weighted by atomic mass is 9.83. The van der Waals surface area contributed by atoms with E-state index in [1.165, 1.54) is 11.8 Å². The summed E-state index contributed by atoms with van der Waals surface area (Å²) in [7, 11) is 0. The van der Waals surface area contributed by atoms with Crippen molar-refractivity contribution in [2.24, 2.45) is 4.99 Å². The van der Waals surface area contributed by atoms with Crippen LogP contribution in [0.4, 0.5) is 23.1 Å². The Kier molecular flexibility index (Phi) is 8.82. The van der Waals surface area contributed by atoms with Gasteiger partial charge in [-0.25, -0.2) is 4.98 Å². The fraction of sp³-hybridized carbons (Fsp3) is 0.355. The summed E-state index contributed by atoms with van der Waals surface area (Å²) in [4.78, 5) is 39.7. The van der Waals surface area contributed by atoms with Crippen LogP contribution in [0.5, 0.6) is 0 Å². The topological polar surface area (TPSA) is 135 Å². The van der Waals surface area contributed by atoms with E-state index in [0.717, 1.165) is 35.3 Å². The van der Waals surface area contributed by atoms with Gasteiger partial charge in [-0.15, -0.1) is 0 Å². The number of halogens is 1. The zero-order valence-corrected chi connectivity index (χ0v) is 24.5. The van der Waals surface area contributed by atoms with Crippen LogP contribution in [0.25, 0.3) is 0 Å². The summed E-state index contributed by atoms with van der Waals surface area (Å²) in [6.07, 6.45) is 6.70. The summed E-state index contributed by atoms with van der Waals surface area (Å²) in [5, 5.41) is 16.9. The molecule has 3 aromatic rings. The molecule has 5 rings (SSSR count). The van der Waals surface area contributed by atoms with E-state index >= 15 is 0 Å². The van der Waals surface area contributed by atoms with Crippen LogP contribution in [-0.2, 0) is 21.5 Å². The molecule has 0 saturated carbocycles. The molecule has 2 aliphatic heterocycles. The third-order valence-electron chi connectivity index (χ3n) is 7.85. The van der Waals surface area contributed by atoms with E-state index in [1.54, 1.807) is 12.4 Å². The maximum absolute atomic E-state index is 12.4. The van der Waals surface area contributed by atoms with E-state index in [4.69, 9.17) is 17.0 Å². The second kappa shape index (κ2) is 12.7. The number of hydrogen-bond donors (Lipinski definition) is 4.